The second-order valence-electron chi connectivity index (χ2n) is 6.81. The Balaban J connectivity index is 1.95. The average Bonchev–Trinajstić information content (AvgIpc) is 3.14. The van der Waals surface area contributed by atoms with E-state index in [2.05, 4.69) is 35.6 Å². The minimum Gasteiger partial charge on any atom is -0.464 e. The molecule has 0 saturated heterocycles. The molecular weight excluding hydrogens is 314 g/mol. The van der Waals surface area contributed by atoms with Crippen LogP contribution in [0, 0.1) is 0 Å². The number of aliphatic hydroxyl groups is 2. The first-order chi connectivity index (χ1) is 12.1. The van der Waals surface area contributed by atoms with Crippen molar-refractivity contribution in [2.45, 2.75) is 19.0 Å². The fourth-order valence-corrected chi connectivity index (χ4v) is 3.31. The Morgan fingerprint density at radius 3 is 2.56 bits per heavy atom. The lowest BCUT2D eigenvalue weighted by molar-refractivity contribution is 0.103. The fourth-order valence-electron chi connectivity index (χ4n) is 3.31. The van der Waals surface area contributed by atoms with Crippen LogP contribution in [0.3, 0.4) is 0 Å². The van der Waals surface area contributed by atoms with Crippen LogP contribution in [-0.2, 0) is 6.54 Å². The minimum absolute atomic E-state index is 0.134. The highest BCUT2D eigenvalue weighted by Gasteiger charge is 2.22. The Bertz CT molecular complexity index is 1050. The number of hydrogen-bond acceptors (Lipinski definition) is 4. The molecule has 0 unspecified atom stereocenters. The van der Waals surface area contributed by atoms with Gasteiger partial charge >= 0.3 is 0 Å². The molecule has 4 nitrogen and oxygen atoms in total. The summed E-state index contributed by atoms with van der Waals surface area (Å²) in [4.78, 5) is 0. The van der Waals surface area contributed by atoms with Gasteiger partial charge in [0.2, 0.25) is 0 Å². The van der Waals surface area contributed by atoms with Crippen LogP contribution in [0.1, 0.15) is 12.5 Å². The molecule has 0 spiro atoms. The first-order valence-corrected chi connectivity index (χ1v) is 8.42. The maximum atomic E-state index is 9.55. The van der Waals surface area contributed by atoms with Crippen LogP contribution in [0.15, 0.2) is 59.2 Å². The fraction of sp³-hybridized carbons (Fsp3) is 0.238. The molecule has 25 heavy (non-hydrogen) atoms. The van der Waals surface area contributed by atoms with Crippen LogP contribution in [-0.4, -0.2) is 29.0 Å². The van der Waals surface area contributed by atoms with E-state index in [4.69, 9.17) is 4.42 Å². The lowest BCUT2D eigenvalue weighted by Gasteiger charge is -2.26. The molecule has 0 fully saturated rings. The molecule has 0 atom stereocenters. The summed E-state index contributed by atoms with van der Waals surface area (Å²) < 4.78 is 5.78. The first kappa shape index (κ1) is 16.1. The molecule has 0 aliphatic carbocycles. The van der Waals surface area contributed by atoms with Gasteiger partial charge in [-0.25, -0.2) is 0 Å². The average molecular weight is 335 g/mol. The monoisotopic (exact) mass is 335 g/mol. The molecule has 1 heterocycles. The van der Waals surface area contributed by atoms with Crippen molar-refractivity contribution in [3.63, 3.8) is 0 Å². The van der Waals surface area contributed by atoms with Gasteiger partial charge < -0.3 is 19.9 Å². The van der Waals surface area contributed by atoms with Gasteiger partial charge in [0.1, 0.15) is 5.58 Å². The normalized spacial score (nSPS) is 12.4. The number of furan rings is 1. The molecule has 4 heteroatoms. The van der Waals surface area contributed by atoms with Gasteiger partial charge in [-0.3, -0.25) is 0 Å². The second-order valence-corrected chi connectivity index (χ2v) is 6.81. The SMILES string of the molecule is CC(CO)(CO)NCc1cc2ccccc2c2ccc3ccoc3c12. The Morgan fingerprint density at radius 1 is 0.960 bits per heavy atom. The van der Waals surface area contributed by atoms with Crippen molar-refractivity contribution in [1.82, 2.24) is 5.32 Å². The molecule has 0 bridgehead atoms. The number of aliphatic hydroxyl groups excluding tert-OH is 2. The summed E-state index contributed by atoms with van der Waals surface area (Å²) in [5, 5.41) is 28.0. The number of rotatable bonds is 5. The zero-order chi connectivity index (χ0) is 17.4. The van der Waals surface area contributed by atoms with Gasteiger partial charge in [-0.2, -0.15) is 0 Å². The Morgan fingerprint density at radius 2 is 1.76 bits per heavy atom. The van der Waals surface area contributed by atoms with Crippen LogP contribution >= 0.6 is 0 Å². The largest absolute Gasteiger partial charge is 0.464 e. The Labute approximate surface area is 145 Å². The van der Waals surface area contributed by atoms with Crippen molar-refractivity contribution < 1.29 is 14.6 Å². The van der Waals surface area contributed by atoms with E-state index in [0.29, 0.717) is 6.54 Å². The van der Waals surface area contributed by atoms with E-state index in [9.17, 15) is 10.2 Å². The summed E-state index contributed by atoms with van der Waals surface area (Å²) in [6.45, 7) is 2.06. The van der Waals surface area contributed by atoms with Gasteiger partial charge in [-0.05, 0) is 40.8 Å². The molecule has 3 aromatic carbocycles. The number of hydrogen-bond donors (Lipinski definition) is 3. The highest BCUT2D eigenvalue weighted by atomic mass is 16.3. The molecule has 4 aromatic rings. The highest BCUT2D eigenvalue weighted by molar-refractivity contribution is 6.17. The summed E-state index contributed by atoms with van der Waals surface area (Å²) in [7, 11) is 0. The standard InChI is InChI=1S/C21H21NO3/c1-21(12-23,13-24)22-11-16-10-15-4-2-3-5-17(15)18-7-6-14-8-9-25-20(14)19(16)18/h2-10,22-24H,11-13H2,1H3. The predicted octanol–water partition coefficient (Wildman–Crippen LogP) is 3.57. The topological polar surface area (TPSA) is 65.6 Å². The molecule has 0 amide bonds. The smallest absolute Gasteiger partial charge is 0.142 e. The molecule has 0 radical (unpaired) electrons. The summed E-state index contributed by atoms with van der Waals surface area (Å²) >= 11 is 0. The van der Waals surface area contributed by atoms with Crippen LogP contribution in [0.4, 0.5) is 0 Å². The zero-order valence-corrected chi connectivity index (χ0v) is 14.1. The quantitative estimate of drug-likeness (QED) is 0.488. The van der Waals surface area contributed by atoms with Gasteiger partial charge in [-0.1, -0.05) is 36.4 Å². The van der Waals surface area contributed by atoms with Crippen LogP contribution in [0.25, 0.3) is 32.5 Å². The molecule has 0 saturated carbocycles. The van der Waals surface area contributed by atoms with Gasteiger partial charge in [0, 0.05) is 17.3 Å². The number of fused-ring (bicyclic) bond motifs is 5. The molecule has 0 aliphatic heterocycles. The lowest BCUT2D eigenvalue weighted by atomic mass is 9.95. The van der Waals surface area contributed by atoms with Crippen molar-refractivity contribution in [2.75, 3.05) is 13.2 Å². The van der Waals surface area contributed by atoms with Crippen molar-refractivity contribution in [3.05, 3.63) is 60.4 Å². The predicted molar refractivity (Wildman–Crippen MR) is 101 cm³/mol. The van der Waals surface area contributed by atoms with Crippen LogP contribution in [0.2, 0.25) is 0 Å². The van der Waals surface area contributed by atoms with E-state index >= 15 is 0 Å². The van der Waals surface area contributed by atoms with E-state index in [0.717, 1.165) is 32.7 Å². The molecule has 1 aromatic heterocycles. The third-order valence-corrected chi connectivity index (χ3v) is 4.93. The van der Waals surface area contributed by atoms with Crippen LogP contribution < -0.4 is 5.32 Å². The summed E-state index contributed by atoms with van der Waals surface area (Å²) in [5.74, 6) is 0. The van der Waals surface area contributed by atoms with E-state index in [-0.39, 0.29) is 13.2 Å². The molecule has 3 N–H and O–H groups in total. The zero-order valence-electron chi connectivity index (χ0n) is 14.1. The molecule has 0 aliphatic rings. The molecule has 128 valence electrons. The number of nitrogens with one attached hydrogen (secondary N) is 1. The summed E-state index contributed by atoms with van der Waals surface area (Å²) in [6, 6.07) is 16.6. The molecule has 4 rings (SSSR count). The third-order valence-electron chi connectivity index (χ3n) is 4.93. The van der Waals surface area contributed by atoms with Crippen molar-refractivity contribution in [1.29, 1.82) is 0 Å². The summed E-state index contributed by atoms with van der Waals surface area (Å²) in [6.07, 6.45) is 1.71. The van der Waals surface area contributed by atoms with E-state index < -0.39 is 5.54 Å². The lowest BCUT2D eigenvalue weighted by Crippen LogP contribution is -2.48. The van der Waals surface area contributed by atoms with Crippen LogP contribution in [0.5, 0.6) is 0 Å². The minimum atomic E-state index is -0.727. The first-order valence-electron chi connectivity index (χ1n) is 8.42. The maximum absolute atomic E-state index is 9.55. The summed E-state index contributed by atoms with van der Waals surface area (Å²) in [5.41, 5.74) is 1.23. The van der Waals surface area contributed by atoms with E-state index in [1.54, 1.807) is 13.2 Å². The van der Waals surface area contributed by atoms with Gasteiger partial charge in [0.05, 0.1) is 25.0 Å². The Hall–Kier alpha value is -2.40. The second kappa shape index (κ2) is 6.15. The number of benzene rings is 3. The van der Waals surface area contributed by atoms with Gasteiger partial charge in [0.25, 0.3) is 0 Å². The van der Waals surface area contributed by atoms with Crippen molar-refractivity contribution in [2.24, 2.45) is 0 Å². The van der Waals surface area contributed by atoms with E-state index in [1.807, 2.05) is 18.2 Å². The van der Waals surface area contributed by atoms with E-state index in [1.165, 1.54) is 5.39 Å². The Kier molecular flexibility index (Phi) is 3.96. The van der Waals surface area contributed by atoms with Crippen molar-refractivity contribution >= 4 is 32.5 Å². The molecular formula is C21H21NO3. The highest BCUT2D eigenvalue weighted by Crippen LogP contribution is 2.34. The van der Waals surface area contributed by atoms with Gasteiger partial charge in [-0.15, -0.1) is 0 Å². The van der Waals surface area contributed by atoms with Crippen molar-refractivity contribution in [3.8, 4) is 0 Å². The maximum Gasteiger partial charge on any atom is 0.142 e. The third kappa shape index (κ3) is 2.68. The van der Waals surface area contributed by atoms with Gasteiger partial charge in [0.15, 0.2) is 0 Å².